The number of aromatic amines is 1. The number of carbonyl (C=O) groups excluding carboxylic acids is 3. The number of carbonyl (C=O) groups is 3. The number of benzene rings is 3. The van der Waals surface area contributed by atoms with Crippen molar-refractivity contribution in [3.63, 3.8) is 0 Å². The molecule has 1 unspecified atom stereocenters. The summed E-state index contributed by atoms with van der Waals surface area (Å²) in [5.74, 6) is -0.565. The molecule has 1 aliphatic heterocycles. The maximum atomic E-state index is 12.8. The van der Waals surface area contributed by atoms with Gasteiger partial charge in [0.05, 0.1) is 29.9 Å². The highest BCUT2D eigenvalue weighted by atomic mass is 16.2. The van der Waals surface area contributed by atoms with Gasteiger partial charge >= 0.3 is 0 Å². The zero-order valence-electron chi connectivity index (χ0n) is 19.0. The molecule has 1 saturated heterocycles. The van der Waals surface area contributed by atoms with E-state index in [1.165, 1.54) is 0 Å². The smallest absolute Gasteiger partial charge is 0.251 e. The Labute approximate surface area is 202 Å². The summed E-state index contributed by atoms with van der Waals surface area (Å²) in [5.41, 5.74) is 4.77. The van der Waals surface area contributed by atoms with Gasteiger partial charge in [0.1, 0.15) is 0 Å². The Kier molecular flexibility index (Phi) is 6.26. The van der Waals surface area contributed by atoms with Crippen LogP contribution in [0.2, 0.25) is 0 Å². The largest absolute Gasteiger partial charge is 0.345 e. The quantitative estimate of drug-likeness (QED) is 0.388. The Hall–Kier alpha value is -4.46. The fraction of sp³-hybridized carbons (Fsp3) is 0.185. The number of amides is 3. The van der Waals surface area contributed by atoms with Gasteiger partial charge in [0.25, 0.3) is 5.91 Å². The first-order valence-electron chi connectivity index (χ1n) is 11.5. The van der Waals surface area contributed by atoms with Crippen molar-refractivity contribution in [2.75, 3.05) is 18.0 Å². The van der Waals surface area contributed by atoms with E-state index in [0.29, 0.717) is 18.5 Å². The highest BCUT2D eigenvalue weighted by Crippen LogP contribution is 2.25. The van der Waals surface area contributed by atoms with Crippen LogP contribution < -0.4 is 15.5 Å². The summed E-state index contributed by atoms with van der Waals surface area (Å²) in [6, 6.07) is 21.9. The van der Waals surface area contributed by atoms with Crippen LogP contribution in [0, 0.1) is 0 Å². The van der Waals surface area contributed by atoms with Crippen LogP contribution in [0.4, 0.5) is 5.69 Å². The van der Waals surface area contributed by atoms with Gasteiger partial charge < -0.3 is 20.5 Å². The maximum absolute atomic E-state index is 12.8. The fourth-order valence-electron chi connectivity index (χ4n) is 4.33. The zero-order valence-corrected chi connectivity index (χ0v) is 19.0. The van der Waals surface area contributed by atoms with E-state index in [1.807, 2.05) is 48.5 Å². The van der Waals surface area contributed by atoms with E-state index in [1.54, 1.807) is 35.5 Å². The molecule has 176 valence electrons. The summed E-state index contributed by atoms with van der Waals surface area (Å²) < 4.78 is 0. The van der Waals surface area contributed by atoms with Gasteiger partial charge in [0.2, 0.25) is 11.8 Å². The standard InChI is InChI=1S/C27H25N5O3/c33-24(16-28-27(35)19-8-11-21(12-9-19)32-14-4-7-25(32)34)31-26(18-5-2-1-3-6-18)20-10-13-22-23(15-20)30-17-29-22/h1-3,5-6,8-13,15,17,26H,4,7,14,16H2,(H,28,35)(H,29,30)(H,31,33). The molecule has 1 aliphatic rings. The van der Waals surface area contributed by atoms with E-state index in [4.69, 9.17) is 0 Å². The van der Waals surface area contributed by atoms with Crippen molar-refractivity contribution in [2.45, 2.75) is 18.9 Å². The Morgan fingerprint density at radius 1 is 1.00 bits per heavy atom. The van der Waals surface area contributed by atoms with Gasteiger partial charge in [-0.25, -0.2) is 4.98 Å². The lowest BCUT2D eigenvalue weighted by Gasteiger charge is -2.20. The van der Waals surface area contributed by atoms with E-state index < -0.39 is 0 Å². The van der Waals surface area contributed by atoms with Crippen LogP contribution in [0.25, 0.3) is 11.0 Å². The van der Waals surface area contributed by atoms with Crippen molar-refractivity contribution >= 4 is 34.4 Å². The lowest BCUT2D eigenvalue weighted by atomic mass is 9.98. The molecule has 35 heavy (non-hydrogen) atoms. The minimum atomic E-state index is -0.384. The number of anilines is 1. The summed E-state index contributed by atoms with van der Waals surface area (Å²) in [7, 11) is 0. The molecule has 1 fully saturated rings. The summed E-state index contributed by atoms with van der Waals surface area (Å²) in [6.45, 7) is 0.529. The molecule has 2 heterocycles. The monoisotopic (exact) mass is 467 g/mol. The van der Waals surface area contributed by atoms with Crippen LogP contribution in [-0.4, -0.2) is 40.8 Å². The van der Waals surface area contributed by atoms with Crippen LogP contribution >= 0.6 is 0 Å². The summed E-state index contributed by atoms with van der Waals surface area (Å²) in [6.07, 6.45) is 3.03. The molecule has 0 radical (unpaired) electrons. The zero-order chi connectivity index (χ0) is 24.2. The SMILES string of the molecule is O=C(CNC(=O)c1ccc(N2CCCC2=O)cc1)NC(c1ccccc1)c1ccc2nc[nH]c2c1. The van der Waals surface area contributed by atoms with Gasteiger partial charge in [-0.05, 0) is 53.9 Å². The molecule has 3 N–H and O–H groups in total. The Morgan fingerprint density at radius 2 is 1.80 bits per heavy atom. The molecular weight excluding hydrogens is 442 g/mol. The average Bonchev–Trinajstić information content (AvgIpc) is 3.54. The summed E-state index contributed by atoms with van der Waals surface area (Å²) >= 11 is 0. The molecule has 3 amide bonds. The number of hydrogen-bond donors (Lipinski definition) is 3. The number of hydrogen-bond acceptors (Lipinski definition) is 4. The normalized spacial score (nSPS) is 14.2. The third kappa shape index (κ3) is 4.91. The van der Waals surface area contributed by atoms with Gasteiger partial charge in [0, 0.05) is 24.2 Å². The third-order valence-corrected chi connectivity index (χ3v) is 6.14. The van der Waals surface area contributed by atoms with Crippen molar-refractivity contribution in [1.29, 1.82) is 0 Å². The maximum Gasteiger partial charge on any atom is 0.251 e. The molecule has 4 aromatic rings. The van der Waals surface area contributed by atoms with Crippen LogP contribution in [0.5, 0.6) is 0 Å². The van der Waals surface area contributed by atoms with Gasteiger partial charge in [-0.2, -0.15) is 0 Å². The number of imidazole rings is 1. The Morgan fingerprint density at radius 3 is 2.54 bits per heavy atom. The predicted octanol–water partition coefficient (Wildman–Crippen LogP) is 3.33. The molecule has 0 aliphatic carbocycles. The highest BCUT2D eigenvalue weighted by Gasteiger charge is 2.22. The predicted molar refractivity (Wildman–Crippen MR) is 133 cm³/mol. The fourth-order valence-corrected chi connectivity index (χ4v) is 4.33. The van der Waals surface area contributed by atoms with E-state index in [9.17, 15) is 14.4 Å². The number of nitrogens with one attached hydrogen (secondary N) is 3. The van der Waals surface area contributed by atoms with Gasteiger partial charge in [-0.1, -0.05) is 36.4 Å². The molecule has 3 aromatic carbocycles. The molecule has 8 nitrogen and oxygen atoms in total. The number of nitrogens with zero attached hydrogens (tertiary/aromatic N) is 2. The number of H-pyrrole nitrogens is 1. The minimum Gasteiger partial charge on any atom is -0.345 e. The lowest BCUT2D eigenvalue weighted by Crippen LogP contribution is -2.39. The second kappa shape index (κ2) is 9.80. The Balaban J connectivity index is 1.25. The molecule has 0 bridgehead atoms. The molecular formula is C27H25N5O3. The summed E-state index contributed by atoms with van der Waals surface area (Å²) in [5, 5.41) is 5.71. The van der Waals surface area contributed by atoms with Crippen LogP contribution in [0.1, 0.15) is 40.4 Å². The first-order chi connectivity index (χ1) is 17.1. The van der Waals surface area contributed by atoms with Gasteiger partial charge in [-0.3, -0.25) is 14.4 Å². The van der Waals surface area contributed by atoms with Crippen molar-refractivity contribution in [3.05, 3.63) is 95.8 Å². The second-order valence-electron chi connectivity index (χ2n) is 8.47. The highest BCUT2D eigenvalue weighted by molar-refractivity contribution is 5.98. The van der Waals surface area contributed by atoms with Crippen molar-refractivity contribution in [3.8, 4) is 0 Å². The summed E-state index contributed by atoms with van der Waals surface area (Å²) in [4.78, 5) is 46.4. The van der Waals surface area contributed by atoms with Crippen molar-refractivity contribution < 1.29 is 14.4 Å². The Bertz CT molecular complexity index is 1360. The molecule has 0 spiro atoms. The van der Waals surface area contributed by atoms with Crippen LogP contribution in [0.15, 0.2) is 79.1 Å². The first-order valence-corrected chi connectivity index (χ1v) is 11.5. The minimum absolute atomic E-state index is 0.0959. The molecule has 0 saturated carbocycles. The number of rotatable bonds is 7. The van der Waals surface area contributed by atoms with Crippen molar-refractivity contribution in [2.24, 2.45) is 0 Å². The topological polar surface area (TPSA) is 107 Å². The van der Waals surface area contributed by atoms with Crippen LogP contribution in [0.3, 0.4) is 0 Å². The number of aromatic nitrogens is 2. The molecule has 5 rings (SSSR count). The van der Waals surface area contributed by atoms with Crippen LogP contribution in [-0.2, 0) is 9.59 Å². The van der Waals surface area contributed by atoms with Crippen molar-refractivity contribution in [1.82, 2.24) is 20.6 Å². The molecule has 1 atom stereocenters. The second-order valence-corrected chi connectivity index (χ2v) is 8.47. The molecule has 1 aromatic heterocycles. The van der Waals surface area contributed by atoms with E-state index in [-0.39, 0.29) is 30.3 Å². The van der Waals surface area contributed by atoms with Gasteiger partial charge in [-0.15, -0.1) is 0 Å². The first kappa shape index (κ1) is 22.3. The van der Waals surface area contributed by atoms with Gasteiger partial charge in [0.15, 0.2) is 0 Å². The average molecular weight is 468 g/mol. The lowest BCUT2D eigenvalue weighted by molar-refractivity contribution is -0.120. The van der Waals surface area contributed by atoms with E-state index in [0.717, 1.165) is 34.3 Å². The molecule has 8 heteroatoms. The number of fused-ring (bicyclic) bond motifs is 1. The third-order valence-electron chi connectivity index (χ3n) is 6.14. The van der Waals surface area contributed by atoms with E-state index in [2.05, 4.69) is 20.6 Å². The van der Waals surface area contributed by atoms with E-state index >= 15 is 0 Å².